The van der Waals surface area contributed by atoms with E-state index in [-0.39, 0.29) is 5.91 Å². The summed E-state index contributed by atoms with van der Waals surface area (Å²) < 4.78 is 0.774. The molecule has 0 radical (unpaired) electrons. The Bertz CT molecular complexity index is 624. The largest absolute Gasteiger partial charge is 0.312 e. The van der Waals surface area contributed by atoms with Gasteiger partial charge in [-0.1, -0.05) is 6.92 Å². The van der Waals surface area contributed by atoms with Gasteiger partial charge in [-0.2, -0.15) is 5.26 Å². The van der Waals surface area contributed by atoms with Gasteiger partial charge in [0.05, 0.1) is 5.56 Å². The molecule has 0 aliphatic carbocycles. The highest BCUT2D eigenvalue weighted by Gasteiger charge is 2.15. The standard InChI is InChI=1S/C12H9BrN2OS2/c1-2-8-5-7(6-14)12(18-8)15-11(16)10-9(13)3-4-17-10/h3-5H,2H2,1H3,(H,15,16). The van der Waals surface area contributed by atoms with Crippen LogP contribution in [-0.2, 0) is 6.42 Å². The summed E-state index contributed by atoms with van der Waals surface area (Å²) in [5, 5.41) is 14.3. The summed E-state index contributed by atoms with van der Waals surface area (Å²) in [5.41, 5.74) is 0.526. The first-order valence-electron chi connectivity index (χ1n) is 5.22. The first kappa shape index (κ1) is 13.3. The number of amides is 1. The number of carbonyl (C=O) groups is 1. The van der Waals surface area contributed by atoms with Crippen LogP contribution in [0.3, 0.4) is 0 Å². The van der Waals surface area contributed by atoms with Gasteiger partial charge < -0.3 is 5.32 Å². The van der Waals surface area contributed by atoms with Gasteiger partial charge in [0.1, 0.15) is 15.9 Å². The molecule has 0 bridgehead atoms. The third-order valence-corrected chi connectivity index (χ3v) is 5.33. The average molecular weight is 341 g/mol. The molecule has 0 fully saturated rings. The Hall–Kier alpha value is -1.16. The minimum Gasteiger partial charge on any atom is -0.312 e. The van der Waals surface area contributed by atoms with E-state index >= 15 is 0 Å². The molecule has 0 saturated heterocycles. The van der Waals surface area contributed by atoms with Crippen LogP contribution in [0.25, 0.3) is 0 Å². The topological polar surface area (TPSA) is 52.9 Å². The molecule has 0 aliphatic heterocycles. The van der Waals surface area contributed by atoms with Gasteiger partial charge in [-0.3, -0.25) is 4.79 Å². The Morgan fingerprint density at radius 1 is 1.61 bits per heavy atom. The second-order valence-electron chi connectivity index (χ2n) is 3.47. The van der Waals surface area contributed by atoms with E-state index in [1.54, 1.807) is 0 Å². The number of anilines is 1. The molecule has 0 atom stereocenters. The SMILES string of the molecule is CCc1cc(C#N)c(NC(=O)c2sccc2Br)s1. The summed E-state index contributed by atoms with van der Waals surface area (Å²) in [5.74, 6) is -0.183. The molecule has 6 heteroatoms. The zero-order chi connectivity index (χ0) is 13.1. The lowest BCUT2D eigenvalue weighted by molar-refractivity contribution is 0.103. The number of nitrogens with zero attached hydrogens (tertiary/aromatic N) is 1. The summed E-state index contributed by atoms with van der Waals surface area (Å²) in [4.78, 5) is 13.7. The Balaban J connectivity index is 2.25. The van der Waals surface area contributed by atoms with Crippen LogP contribution in [0.15, 0.2) is 22.0 Å². The number of nitriles is 1. The van der Waals surface area contributed by atoms with E-state index in [1.165, 1.54) is 22.7 Å². The molecule has 1 N–H and O–H groups in total. The lowest BCUT2D eigenvalue weighted by atomic mass is 10.3. The molecule has 2 heterocycles. The predicted molar refractivity (Wildman–Crippen MR) is 78.4 cm³/mol. The number of carbonyl (C=O) groups excluding carboxylic acids is 1. The van der Waals surface area contributed by atoms with Gasteiger partial charge >= 0.3 is 0 Å². The predicted octanol–water partition coefficient (Wildman–Crippen LogP) is 4.26. The summed E-state index contributed by atoms with van der Waals surface area (Å²) in [6.07, 6.45) is 0.859. The number of aryl methyl sites for hydroxylation is 1. The van der Waals surface area contributed by atoms with Gasteiger partial charge in [-0.25, -0.2) is 0 Å². The molecule has 92 valence electrons. The highest BCUT2D eigenvalue weighted by Crippen LogP contribution is 2.30. The molecule has 2 aromatic rings. The maximum atomic E-state index is 12.0. The van der Waals surface area contributed by atoms with Crippen LogP contribution < -0.4 is 5.32 Å². The van der Waals surface area contributed by atoms with Crippen molar-refractivity contribution in [3.05, 3.63) is 37.3 Å². The summed E-state index contributed by atoms with van der Waals surface area (Å²) >= 11 is 6.14. The van der Waals surface area contributed by atoms with Crippen molar-refractivity contribution in [3.8, 4) is 6.07 Å². The molecular weight excluding hydrogens is 332 g/mol. The summed E-state index contributed by atoms with van der Waals surface area (Å²) in [7, 11) is 0. The number of rotatable bonds is 3. The fourth-order valence-corrected chi connectivity index (χ4v) is 3.80. The smallest absolute Gasteiger partial charge is 0.267 e. The van der Waals surface area contributed by atoms with Crippen molar-refractivity contribution in [1.82, 2.24) is 0 Å². The molecule has 3 nitrogen and oxygen atoms in total. The molecule has 2 rings (SSSR count). The molecule has 1 amide bonds. The fraction of sp³-hybridized carbons (Fsp3) is 0.167. The molecule has 18 heavy (non-hydrogen) atoms. The van der Waals surface area contributed by atoms with Crippen molar-refractivity contribution in [2.75, 3.05) is 5.32 Å². The van der Waals surface area contributed by atoms with Gasteiger partial charge in [0.2, 0.25) is 0 Å². The molecule has 0 unspecified atom stereocenters. The van der Waals surface area contributed by atoms with E-state index in [2.05, 4.69) is 27.3 Å². The zero-order valence-electron chi connectivity index (χ0n) is 9.49. The Labute approximate surface area is 121 Å². The highest BCUT2D eigenvalue weighted by molar-refractivity contribution is 9.10. The Morgan fingerprint density at radius 3 is 2.94 bits per heavy atom. The van der Waals surface area contributed by atoms with Crippen LogP contribution in [0.2, 0.25) is 0 Å². The monoisotopic (exact) mass is 340 g/mol. The average Bonchev–Trinajstić information content (AvgIpc) is 2.95. The van der Waals surface area contributed by atoms with Gasteiger partial charge in [0.25, 0.3) is 5.91 Å². The van der Waals surface area contributed by atoms with Crippen LogP contribution in [0.4, 0.5) is 5.00 Å². The molecular formula is C12H9BrN2OS2. The maximum Gasteiger partial charge on any atom is 0.267 e. The minimum atomic E-state index is -0.183. The number of halogens is 1. The maximum absolute atomic E-state index is 12.0. The van der Waals surface area contributed by atoms with E-state index in [0.29, 0.717) is 15.4 Å². The third kappa shape index (κ3) is 2.64. The number of hydrogen-bond donors (Lipinski definition) is 1. The molecule has 0 aliphatic rings. The fourth-order valence-electron chi connectivity index (χ4n) is 1.41. The van der Waals surface area contributed by atoms with Gasteiger partial charge in [0.15, 0.2) is 0 Å². The molecule has 0 spiro atoms. The first-order chi connectivity index (χ1) is 8.65. The van der Waals surface area contributed by atoms with Crippen molar-refractivity contribution in [2.45, 2.75) is 13.3 Å². The second kappa shape index (κ2) is 5.65. The molecule has 2 aromatic heterocycles. The van der Waals surface area contributed by atoms with E-state index in [4.69, 9.17) is 5.26 Å². The van der Waals surface area contributed by atoms with E-state index < -0.39 is 0 Å². The van der Waals surface area contributed by atoms with Crippen LogP contribution in [-0.4, -0.2) is 5.91 Å². The lowest BCUT2D eigenvalue weighted by Gasteiger charge is -2.01. The Kier molecular flexibility index (Phi) is 4.17. The highest BCUT2D eigenvalue weighted by atomic mass is 79.9. The van der Waals surface area contributed by atoms with E-state index in [1.807, 2.05) is 24.4 Å². The lowest BCUT2D eigenvalue weighted by Crippen LogP contribution is -2.10. The van der Waals surface area contributed by atoms with Crippen molar-refractivity contribution in [2.24, 2.45) is 0 Å². The van der Waals surface area contributed by atoms with Gasteiger partial charge in [0, 0.05) is 9.35 Å². The normalized spacial score (nSPS) is 10.1. The quantitative estimate of drug-likeness (QED) is 0.907. The van der Waals surface area contributed by atoms with Crippen LogP contribution >= 0.6 is 38.6 Å². The van der Waals surface area contributed by atoms with Crippen LogP contribution in [0, 0.1) is 11.3 Å². The minimum absolute atomic E-state index is 0.183. The number of hydrogen-bond acceptors (Lipinski definition) is 4. The van der Waals surface area contributed by atoms with Crippen molar-refractivity contribution >= 4 is 49.5 Å². The third-order valence-electron chi connectivity index (χ3n) is 2.30. The van der Waals surface area contributed by atoms with Gasteiger partial charge in [-0.05, 0) is 39.9 Å². The van der Waals surface area contributed by atoms with Crippen molar-refractivity contribution < 1.29 is 4.79 Å². The van der Waals surface area contributed by atoms with E-state index in [0.717, 1.165) is 15.8 Å². The van der Waals surface area contributed by atoms with Gasteiger partial charge in [-0.15, -0.1) is 22.7 Å². The van der Waals surface area contributed by atoms with Crippen molar-refractivity contribution in [1.29, 1.82) is 5.26 Å². The zero-order valence-corrected chi connectivity index (χ0v) is 12.7. The summed E-state index contributed by atoms with van der Waals surface area (Å²) in [6, 6.07) is 5.76. The molecule has 0 saturated carbocycles. The Morgan fingerprint density at radius 2 is 2.39 bits per heavy atom. The molecule has 0 aromatic carbocycles. The number of thiophene rings is 2. The van der Waals surface area contributed by atoms with Crippen molar-refractivity contribution in [3.63, 3.8) is 0 Å². The summed E-state index contributed by atoms with van der Waals surface area (Å²) in [6.45, 7) is 2.02. The number of nitrogens with one attached hydrogen (secondary N) is 1. The second-order valence-corrected chi connectivity index (χ2v) is 6.38. The van der Waals surface area contributed by atoms with Crippen LogP contribution in [0.5, 0.6) is 0 Å². The van der Waals surface area contributed by atoms with E-state index in [9.17, 15) is 4.79 Å². The first-order valence-corrected chi connectivity index (χ1v) is 7.71. The van der Waals surface area contributed by atoms with Crippen LogP contribution in [0.1, 0.15) is 27.0 Å².